The molecule has 0 aromatic carbocycles. The molecule has 0 atom stereocenters. The van der Waals surface area contributed by atoms with Gasteiger partial charge in [-0.3, -0.25) is 4.79 Å². The van der Waals surface area contributed by atoms with Crippen LogP contribution in [-0.2, 0) is 0 Å². The second kappa shape index (κ2) is 5.27. The van der Waals surface area contributed by atoms with E-state index in [2.05, 4.69) is 10.3 Å². The molecule has 2 N–H and O–H groups in total. The molecule has 0 radical (unpaired) electrons. The molecule has 0 unspecified atom stereocenters. The van der Waals surface area contributed by atoms with E-state index in [9.17, 15) is 4.79 Å². The maximum Gasteiger partial charge on any atom is 0.251 e. The maximum atomic E-state index is 11.7. The Morgan fingerprint density at radius 3 is 2.88 bits per heavy atom. The van der Waals surface area contributed by atoms with E-state index in [1.54, 1.807) is 6.07 Å². The number of nitrogens with one attached hydrogen (secondary N) is 1. The third-order valence-corrected chi connectivity index (χ3v) is 2.35. The van der Waals surface area contributed by atoms with Crippen LogP contribution in [0.4, 0.5) is 0 Å². The van der Waals surface area contributed by atoms with Crippen LogP contribution in [0.2, 0.25) is 5.15 Å². The molecule has 0 aliphatic heterocycles. The summed E-state index contributed by atoms with van der Waals surface area (Å²) in [6.07, 6.45) is 1.48. The van der Waals surface area contributed by atoms with Gasteiger partial charge in [0.05, 0.1) is 0 Å². The van der Waals surface area contributed by atoms with Crippen LogP contribution in [-0.4, -0.2) is 29.1 Å². The van der Waals surface area contributed by atoms with Gasteiger partial charge in [-0.1, -0.05) is 25.4 Å². The fourth-order valence-corrected chi connectivity index (χ4v) is 1.20. The van der Waals surface area contributed by atoms with E-state index < -0.39 is 0 Å². The summed E-state index contributed by atoms with van der Waals surface area (Å²) in [6, 6.07) is 3.09. The summed E-state index contributed by atoms with van der Waals surface area (Å²) >= 11 is 5.68. The van der Waals surface area contributed by atoms with Gasteiger partial charge in [0, 0.05) is 30.3 Å². The van der Waals surface area contributed by atoms with E-state index in [1.165, 1.54) is 12.3 Å². The van der Waals surface area contributed by atoms with Gasteiger partial charge in [0.25, 0.3) is 5.91 Å². The van der Waals surface area contributed by atoms with Crippen molar-refractivity contribution in [3.05, 3.63) is 29.0 Å². The molecule has 0 spiro atoms. The van der Waals surface area contributed by atoms with Crippen molar-refractivity contribution in [3.8, 4) is 0 Å². The number of aromatic nitrogens is 1. The molecular weight excluding hydrogens is 228 g/mol. The number of halogens is 1. The summed E-state index contributed by atoms with van der Waals surface area (Å²) in [5.41, 5.74) is 0.140. The highest BCUT2D eigenvalue weighted by Gasteiger charge is 2.17. The first kappa shape index (κ1) is 12.9. The monoisotopic (exact) mass is 242 g/mol. The zero-order valence-corrected chi connectivity index (χ0v) is 10.1. The Morgan fingerprint density at radius 2 is 2.31 bits per heavy atom. The van der Waals surface area contributed by atoms with Crippen LogP contribution < -0.4 is 5.32 Å². The Balaban J connectivity index is 2.60. The predicted octanol–water partition coefficient (Wildman–Crippen LogP) is 1.48. The van der Waals surface area contributed by atoms with Gasteiger partial charge in [0.1, 0.15) is 5.15 Å². The summed E-state index contributed by atoms with van der Waals surface area (Å²) in [7, 11) is 0. The number of pyridine rings is 1. The zero-order valence-electron chi connectivity index (χ0n) is 9.33. The molecule has 16 heavy (non-hydrogen) atoms. The van der Waals surface area contributed by atoms with Gasteiger partial charge in [-0.05, 0) is 12.1 Å². The highest BCUT2D eigenvalue weighted by atomic mass is 35.5. The van der Waals surface area contributed by atoms with Gasteiger partial charge in [0.2, 0.25) is 0 Å². The largest absolute Gasteiger partial charge is 0.396 e. The summed E-state index contributed by atoms with van der Waals surface area (Å²) in [6.45, 7) is 4.16. The number of aliphatic hydroxyl groups excluding tert-OH is 1. The lowest BCUT2D eigenvalue weighted by Gasteiger charge is -2.21. The molecule has 1 aromatic heterocycles. The number of carbonyl (C=O) groups is 1. The SMILES string of the molecule is CC(C)(CO)CNC(=O)c1ccnc(Cl)c1. The fraction of sp³-hybridized carbons (Fsp3) is 0.455. The number of carbonyl (C=O) groups excluding carboxylic acids is 1. The van der Waals surface area contributed by atoms with Crippen molar-refractivity contribution < 1.29 is 9.90 Å². The van der Waals surface area contributed by atoms with Crippen molar-refractivity contribution in [2.24, 2.45) is 5.41 Å². The number of aliphatic hydroxyl groups is 1. The van der Waals surface area contributed by atoms with Gasteiger partial charge in [0.15, 0.2) is 0 Å². The number of rotatable bonds is 4. The zero-order chi connectivity index (χ0) is 12.2. The lowest BCUT2D eigenvalue weighted by Crippen LogP contribution is -2.36. The normalized spacial score (nSPS) is 11.2. The maximum absolute atomic E-state index is 11.7. The minimum absolute atomic E-state index is 0.0182. The van der Waals surface area contributed by atoms with Gasteiger partial charge in [-0.2, -0.15) is 0 Å². The number of hydrogen-bond donors (Lipinski definition) is 2. The van der Waals surface area contributed by atoms with Crippen molar-refractivity contribution in [3.63, 3.8) is 0 Å². The van der Waals surface area contributed by atoms with Gasteiger partial charge >= 0.3 is 0 Å². The number of nitrogens with zero attached hydrogens (tertiary/aromatic N) is 1. The smallest absolute Gasteiger partial charge is 0.251 e. The molecule has 0 saturated heterocycles. The summed E-state index contributed by atoms with van der Waals surface area (Å²) in [5, 5.41) is 12.1. The second-order valence-electron chi connectivity index (χ2n) is 4.37. The summed E-state index contributed by atoms with van der Waals surface area (Å²) < 4.78 is 0. The van der Waals surface area contributed by atoms with Crippen LogP contribution in [0.25, 0.3) is 0 Å². The predicted molar refractivity (Wildman–Crippen MR) is 62.4 cm³/mol. The minimum atomic E-state index is -0.327. The molecule has 0 bridgehead atoms. The quantitative estimate of drug-likeness (QED) is 0.787. The molecule has 1 amide bonds. The Bertz CT molecular complexity index is 380. The lowest BCUT2D eigenvalue weighted by atomic mass is 9.95. The molecule has 0 fully saturated rings. The Labute approximate surface area is 99.6 Å². The first-order valence-corrected chi connectivity index (χ1v) is 5.33. The van der Waals surface area contributed by atoms with Crippen LogP contribution in [0.15, 0.2) is 18.3 Å². The van der Waals surface area contributed by atoms with Crippen LogP contribution in [0.1, 0.15) is 24.2 Å². The van der Waals surface area contributed by atoms with Crippen molar-refractivity contribution >= 4 is 17.5 Å². The van der Waals surface area contributed by atoms with Crippen molar-refractivity contribution in [1.82, 2.24) is 10.3 Å². The van der Waals surface area contributed by atoms with Gasteiger partial charge in [-0.15, -0.1) is 0 Å². The highest BCUT2D eigenvalue weighted by molar-refractivity contribution is 6.29. The Hall–Kier alpha value is -1.13. The van der Waals surface area contributed by atoms with Crippen LogP contribution >= 0.6 is 11.6 Å². The molecule has 0 saturated carbocycles. The highest BCUT2D eigenvalue weighted by Crippen LogP contribution is 2.12. The molecule has 1 heterocycles. The number of amides is 1. The van der Waals surface area contributed by atoms with Crippen molar-refractivity contribution in [2.75, 3.05) is 13.2 Å². The third kappa shape index (κ3) is 3.79. The Morgan fingerprint density at radius 1 is 1.62 bits per heavy atom. The van der Waals surface area contributed by atoms with E-state index in [1.807, 2.05) is 13.8 Å². The topological polar surface area (TPSA) is 62.2 Å². The lowest BCUT2D eigenvalue weighted by molar-refractivity contribution is 0.0911. The molecule has 0 aliphatic carbocycles. The van der Waals surface area contributed by atoms with E-state index >= 15 is 0 Å². The molecular formula is C11H15ClN2O2. The van der Waals surface area contributed by atoms with Crippen LogP contribution in [0, 0.1) is 5.41 Å². The van der Waals surface area contributed by atoms with Crippen LogP contribution in [0.5, 0.6) is 0 Å². The molecule has 88 valence electrons. The standard InChI is InChI=1S/C11H15ClN2O2/c1-11(2,7-15)6-14-10(16)8-3-4-13-9(12)5-8/h3-5,15H,6-7H2,1-2H3,(H,14,16). The summed E-state index contributed by atoms with van der Waals surface area (Å²) in [4.78, 5) is 15.5. The fourth-order valence-electron chi connectivity index (χ4n) is 1.02. The minimum Gasteiger partial charge on any atom is -0.396 e. The average molecular weight is 243 g/mol. The average Bonchev–Trinajstić information content (AvgIpc) is 2.26. The molecule has 5 heteroatoms. The van der Waals surface area contributed by atoms with Gasteiger partial charge < -0.3 is 10.4 Å². The molecule has 0 aliphatic rings. The summed E-state index contributed by atoms with van der Waals surface area (Å²) in [5.74, 6) is -0.217. The van der Waals surface area contributed by atoms with Crippen molar-refractivity contribution in [2.45, 2.75) is 13.8 Å². The van der Waals surface area contributed by atoms with E-state index in [-0.39, 0.29) is 23.1 Å². The van der Waals surface area contributed by atoms with E-state index in [0.29, 0.717) is 12.1 Å². The number of hydrogen-bond acceptors (Lipinski definition) is 3. The van der Waals surface area contributed by atoms with Crippen molar-refractivity contribution in [1.29, 1.82) is 0 Å². The van der Waals surface area contributed by atoms with E-state index in [0.717, 1.165) is 0 Å². The molecule has 1 aromatic rings. The molecule has 1 rings (SSSR count). The third-order valence-electron chi connectivity index (χ3n) is 2.14. The molecule has 4 nitrogen and oxygen atoms in total. The second-order valence-corrected chi connectivity index (χ2v) is 4.76. The van der Waals surface area contributed by atoms with Crippen LogP contribution in [0.3, 0.4) is 0 Å². The first-order chi connectivity index (χ1) is 7.44. The van der Waals surface area contributed by atoms with E-state index in [4.69, 9.17) is 16.7 Å². The van der Waals surface area contributed by atoms with Gasteiger partial charge in [-0.25, -0.2) is 4.98 Å². The first-order valence-electron chi connectivity index (χ1n) is 4.95. The Kier molecular flexibility index (Phi) is 4.26.